The number of benzene rings is 3. The van der Waals surface area contributed by atoms with Crippen LogP contribution < -0.4 is 14.2 Å². The molecular formula is C34H33N5O6. The van der Waals surface area contributed by atoms with E-state index in [0.717, 1.165) is 33.3 Å². The number of para-hydroxylation sites is 1. The molecule has 3 aromatic carbocycles. The fourth-order valence-corrected chi connectivity index (χ4v) is 5.07. The highest BCUT2D eigenvalue weighted by Crippen LogP contribution is 2.39. The zero-order valence-corrected chi connectivity index (χ0v) is 25.1. The maximum absolute atomic E-state index is 12.0. The number of nitrogens with one attached hydrogen (secondary N) is 1. The summed E-state index contributed by atoms with van der Waals surface area (Å²) in [6.45, 7) is 4.90. The number of aromatic nitrogens is 5. The number of hydrogen-bond donors (Lipinski definition) is 1. The van der Waals surface area contributed by atoms with E-state index in [4.69, 9.17) is 28.7 Å². The molecule has 6 rings (SSSR count). The molecule has 1 unspecified atom stereocenters. The van der Waals surface area contributed by atoms with Crippen molar-refractivity contribution in [3.63, 3.8) is 0 Å². The molecule has 0 saturated carbocycles. The fourth-order valence-electron chi connectivity index (χ4n) is 5.07. The number of carbonyl (C=O) groups is 1. The van der Waals surface area contributed by atoms with Gasteiger partial charge in [0.05, 0.1) is 30.8 Å². The largest absolute Gasteiger partial charge is 0.493 e. The summed E-state index contributed by atoms with van der Waals surface area (Å²) in [4.78, 5) is 16.7. The van der Waals surface area contributed by atoms with Crippen LogP contribution in [-0.2, 0) is 27.3 Å². The van der Waals surface area contributed by atoms with Gasteiger partial charge in [-0.15, -0.1) is 10.2 Å². The molecule has 11 heteroatoms. The summed E-state index contributed by atoms with van der Waals surface area (Å²) in [5.41, 5.74) is 4.34. The molecule has 1 aliphatic rings. The third-order valence-electron chi connectivity index (χ3n) is 7.20. The number of tetrazole rings is 1. The van der Waals surface area contributed by atoms with E-state index in [1.54, 1.807) is 6.92 Å². The first-order chi connectivity index (χ1) is 22.1. The molecule has 230 valence electrons. The molecule has 0 aliphatic carbocycles. The van der Waals surface area contributed by atoms with E-state index in [1.807, 2.05) is 85.8 Å². The van der Waals surface area contributed by atoms with Gasteiger partial charge in [-0.25, -0.2) is 4.98 Å². The minimum Gasteiger partial charge on any atom is -0.493 e. The molecule has 3 heterocycles. The molecule has 0 amide bonds. The van der Waals surface area contributed by atoms with Crippen LogP contribution in [0.1, 0.15) is 54.6 Å². The van der Waals surface area contributed by atoms with Crippen molar-refractivity contribution in [2.24, 2.45) is 0 Å². The van der Waals surface area contributed by atoms with Crippen LogP contribution >= 0.6 is 0 Å². The van der Waals surface area contributed by atoms with Crippen molar-refractivity contribution >= 4 is 22.6 Å². The number of carbonyl (C=O) groups excluding carboxylic acids is 1. The Morgan fingerprint density at radius 3 is 2.76 bits per heavy atom. The maximum atomic E-state index is 12.0. The van der Waals surface area contributed by atoms with E-state index in [-0.39, 0.29) is 25.6 Å². The lowest BCUT2D eigenvalue weighted by Gasteiger charge is -2.24. The van der Waals surface area contributed by atoms with E-state index in [9.17, 15) is 4.79 Å². The Kier molecular flexibility index (Phi) is 9.26. The molecule has 0 saturated heterocycles. The highest BCUT2D eigenvalue weighted by Gasteiger charge is 2.24. The third-order valence-corrected chi connectivity index (χ3v) is 7.20. The van der Waals surface area contributed by atoms with Crippen LogP contribution in [0.15, 0.2) is 78.9 Å². The Morgan fingerprint density at radius 2 is 1.91 bits per heavy atom. The van der Waals surface area contributed by atoms with Gasteiger partial charge in [0.1, 0.15) is 30.0 Å². The summed E-state index contributed by atoms with van der Waals surface area (Å²) in [5, 5.41) is 15.3. The van der Waals surface area contributed by atoms with Crippen molar-refractivity contribution in [2.45, 2.75) is 39.4 Å². The van der Waals surface area contributed by atoms with Gasteiger partial charge in [-0.1, -0.05) is 36.4 Å². The third kappa shape index (κ3) is 7.10. The van der Waals surface area contributed by atoms with Gasteiger partial charge >= 0.3 is 5.97 Å². The van der Waals surface area contributed by atoms with Crippen LogP contribution in [-0.4, -0.2) is 51.4 Å². The number of pyridine rings is 1. The smallest absolute Gasteiger partial charge is 0.309 e. The minimum absolute atomic E-state index is 0.121. The molecule has 11 nitrogen and oxygen atoms in total. The molecule has 1 atom stereocenters. The average molecular weight is 608 g/mol. The lowest BCUT2D eigenvalue weighted by Crippen LogP contribution is -2.13. The Balaban J connectivity index is 1.28. The maximum Gasteiger partial charge on any atom is 0.309 e. The summed E-state index contributed by atoms with van der Waals surface area (Å²) in [7, 11) is 0. The SMILES string of the molecule is CCOC(=O)CCOc1ccc(OCc2ccc3ccccc3n2)cc1C(OCC)c1ccc2c(c1)OC(c1nn[nH]n1)=CC2. The van der Waals surface area contributed by atoms with Gasteiger partial charge in [-0.05, 0) is 79.1 Å². The first-order valence-corrected chi connectivity index (χ1v) is 14.9. The van der Waals surface area contributed by atoms with E-state index < -0.39 is 6.10 Å². The topological polar surface area (TPSA) is 131 Å². The van der Waals surface area contributed by atoms with E-state index in [1.165, 1.54) is 0 Å². The summed E-state index contributed by atoms with van der Waals surface area (Å²) in [5.74, 6) is 2.47. The van der Waals surface area contributed by atoms with Crippen LogP contribution in [0.25, 0.3) is 16.7 Å². The Labute approximate surface area is 260 Å². The predicted molar refractivity (Wildman–Crippen MR) is 166 cm³/mol. The lowest BCUT2D eigenvalue weighted by atomic mass is 9.97. The van der Waals surface area contributed by atoms with Crippen molar-refractivity contribution < 1.29 is 28.5 Å². The van der Waals surface area contributed by atoms with Gasteiger partial charge in [0, 0.05) is 17.6 Å². The second kappa shape index (κ2) is 14.0. The molecule has 5 aromatic rings. The molecule has 0 bridgehead atoms. The lowest BCUT2D eigenvalue weighted by molar-refractivity contribution is -0.143. The van der Waals surface area contributed by atoms with Gasteiger partial charge < -0.3 is 23.7 Å². The molecule has 0 spiro atoms. The molecule has 0 radical (unpaired) electrons. The zero-order valence-electron chi connectivity index (χ0n) is 25.1. The first-order valence-electron chi connectivity index (χ1n) is 14.9. The minimum atomic E-state index is -0.525. The Bertz CT molecular complexity index is 1810. The number of aromatic amines is 1. The average Bonchev–Trinajstić information content (AvgIpc) is 3.62. The molecule has 1 aliphatic heterocycles. The van der Waals surface area contributed by atoms with Crippen LogP contribution in [0.4, 0.5) is 0 Å². The molecule has 1 N–H and O–H groups in total. The second-order valence-corrected chi connectivity index (χ2v) is 10.2. The van der Waals surface area contributed by atoms with Crippen molar-refractivity contribution in [1.82, 2.24) is 25.6 Å². The van der Waals surface area contributed by atoms with Crippen molar-refractivity contribution in [2.75, 3.05) is 19.8 Å². The van der Waals surface area contributed by atoms with Crippen molar-refractivity contribution in [3.05, 3.63) is 107 Å². The Hall–Kier alpha value is -5.29. The Morgan fingerprint density at radius 1 is 1.00 bits per heavy atom. The van der Waals surface area contributed by atoms with Crippen LogP contribution in [0.3, 0.4) is 0 Å². The van der Waals surface area contributed by atoms with Crippen LogP contribution in [0.2, 0.25) is 0 Å². The van der Waals surface area contributed by atoms with Crippen LogP contribution in [0, 0.1) is 0 Å². The summed E-state index contributed by atoms with van der Waals surface area (Å²) in [6.07, 6.45) is 2.18. The number of hydrogen-bond acceptors (Lipinski definition) is 10. The summed E-state index contributed by atoms with van der Waals surface area (Å²) in [6, 6.07) is 23.5. The standard InChI is InChI=1S/C34H33N5O6/c1-3-41-32(40)17-18-43-29-16-14-26(44-21-25-13-11-22-7-5-6-8-28(22)35-25)20-27(29)33(42-4-2)24-10-9-23-12-15-30(45-31(23)19-24)34-36-38-39-37-34/h5-11,13-16,19-20,33H,3-4,12,17-18,21H2,1-2H3,(H,36,37,38,39). The van der Waals surface area contributed by atoms with Crippen molar-refractivity contribution in [1.29, 1.82) is 0 Å². The van der Waals surface area contributed by atoms with E-state index >= 15 is 0 Å². The van der Waals surface area contributed by atoms with Crippen LogP contribution in [0.5, 0.6) is 17.2 Å². The number of ether oxygens (including phenoxy) is 5. The molecule has 2 aromatic heterocycles. The van der Waals surface area contributed by atoms with Gasteiger partial charge in [-0.3, -0.25) is 4.79 Å². The molecular weight excluding hydrogens is 574 g/mol. The van der Waals surface area contributed by atoms with E-state index in [0.29, 0.717) is 48.5 Å². The molecule has 0 fully saturated rings. The second-order valence-electron chi connectivity index (χ2n) is 10.2. The number of H-pyrrole nitrogens is 1. The highest BCUT2D eigenvalue weighted by atomic mass is 16.5. The normalized spacial score (nSPS) is 13.0. The predicted octanol–water partition coefficient (Wildman–Crippen LogP) is 5.76. The number of rotatable bonds is 13. The highest BCUT2D eigenvalue weighted by molar-refractivity contribution is 5.78. The zero-order chi connectivity index (χ0) is 31.0. The van der Waals surface area contributed by atoms with Gasteiger partial charge in [0.25, 0.3) is 0 Å². The molecule has 45 heavy (non-hydrogen) atoms. The summed E-state index contributed by atoms with van der Waals surface area (Å²) < 4.78 is 29.9. The number of esters is 1. The summed E-state index contributed by atoms with van der Waals surface area (Å²) >= 11 is 0. The number of allylic oxidation sites excluding steroid dienone is 1. The van der Waals surface area contributed by atoms with Gasteiger partial charge in [-0.2, -0.15) is 5.21 Å². The fraction of sp³-hybridized carbons (Fsp3) is 0.265. The number of fused-ring (bicyclic) bond motifs is 2. The van der Waals surface area contributed by atoms with Crippen molar-refractivity contribution in [3.8, 4) is 17.2 Å². The van der Waals surface area contributed by atoms with Gasteiger partial charge in [0.2, 0.25) is 5.82 Å². The monoisotopic (exact) mass is 607 g/mol. The quantitative estimate of drug-likeness (QED) is 0.165. The first kappa shape index (κ1) is 29.8. The number of nitrogens with zero attached hydrogens (tertiary/aromatic N) is 4. The van der Waals surface area contributed by atoms with Gasteiger partial charge in [0.15, 0.2) is 5.76 Å². The van der Waals surface area contributed by atoms with E-state index in [2.05, 4.69) is 20.6 Å².